The van der Waals surface area contributed by atoms with Crippen LogP contribution in [0.2, 0.25) is 0 Å². The third kappa shape index (κ3) is 4.12. The Morgan fingerprint density at radius 1 is 1.12 bits per heavy atom. The number of H-pyrrole nitrogens is 1. The average molecular weight is 357 g/mol. The molecule has 0 fully saturated rings. The molecule has 0 aliphatic rings. The van der Waals surface area contributed by atoms with Crippen LogP contribution in [-0.2, 0) is 26.9 Å². The number of aromatic amines is 1. The Labute approximate surface area is 142 Å². The van der Waals surface area contributed by atoms with Gasteiger partial charge in [0.25, 0.3) is 0 Å². The van der Waals surface area contributed by atoms with Crippen LogP contribution in [0.4, 0.5) is 13.2 Å². The molecule has 0 saturated carbocycles. The van der Waals surface area contributed by atoms with E-state index in [0.717, 1.165) is 6.07 Å². The lowest BCUT2D eigenvalue weighted by atomic mass is 10.0. The second-order valence-electron chi connectivity index (χ2n) is 5.23. The van der Waals surface area contributed by atoms with Gasteiger partial charge in [-0.05, 0) is 38.0 Å². The molecule has 5 nitrogen and oxygen atoms in total. The number of nitrogens with one attached hydrogen (secondary N) is 1. The van der Waals surface area contributed by atoms with Gasteiger partial charge in [0.05, 0.1) is 18.8 Å². The minimum absolute atomic E-state index is 0.0694. The Balaban J connectivity index is 2.57. The maximum absolute atomic E-state index is 13.4. The van der Waals surface area contributed by atoms with E-state index >= 15 is 0 Å². The molecule has 0 aliphatic carbocycles. The van der Waals surface area contributed by atoms with Crippen LogP contribution in [0.1, 0.15) is 41.9 Å². The number of esters is 2. The van der Waals surface area contributed by atoms with Crippen LogP contribution < -0.4 is 0 Å². The van der Waals surface area contributed by atoms with Crippen LogP contribution in [0.5, 0.6) is 0 Å². The zero-order valence-corrected chi connectivity index (χ0v) is 13.8. The first kappa shape index (κ1) is 18.8. The number of aryl methyl sites for hydroxylation is 1. The summed E-state index contributed by atoms with van der Waals surface area (Å²) in [6.45, 7) is 3.48. The molecule has 1 aromatic carbocycles. The molecule has 2 rings (SSSR count). The van der Waals surface area contributed by atoms with Gasteiger partial charge in [-0.15, -0.1) is 0 Å². The number of carbonyl (C=O) groups excluding carboxylic acids is 2. The number of carbonyl (C=O) groups is 2. The van der Waals surface area contributed by atoms with Crippen LogP contribution in [0.25, 0.3) is 10.9 Å². The quantitative estimate of drug-likeness (QED) is 0.797. The Kier molecular flexibility index (Phi) is 5.71. The number of fused-ring (bicyclic) bond motifs is 1. The topological polar surface area (TPSA) is 68.4 Å². The predicted molar refractivity (Wildman–Crippen MR) is 84.2 cm³/mol. The lowest BCUT2D eigenvalue weighted by Crippen LogP contribution is -2.11. The highest BCUT2D eigenvalue weighted by molar-refractivity contribution is 6.00. The fourth-order valence-electron chi connectivity index (χ4n) is 2.64. The highest BCUT2D eigenvalue weighted by Crippen LogP contribution is 2.38. The summed E-state index contributed by atoms with van der Waals surface area (Å²) < 4.78 is 49.8. The molecule has 0 bridgehead atoms. The van der Waals surface area contributed by atoms with Crippen molar-refractivity contribution in [2.45, 2.75) is 32.9 Å². The van der Waals surface area contributed by atoms with E-state index < -0.39 is 23.7 Å². The number of hydrogen-bond donors (Lipinski definition) is 1. The predicted octanol–water partition coefficient (Wildman–Crippen LogP) is 3.86. The molecule has 0 unspecified atom stereocenters. The van der Waals surface area contributed by atoms with Gasteiger partial charge in [-0.25, -0.2) is 4.79 Å². The highest BCUT2D eigenvalue weighted by Gasteiger charge is 2.35. The first-order valence-electron chi connectivity index (χ1n) is 7.83. The fourth-order valence-corrected chi connectivity index (χ4v) is 2.64. The molecule has 136 valence electrons. The molecule has 0 saturated heterocycles. The van der Waals surface area contributed by atoms with E-state index in [1.165, 1.54) is 12.1 Å². The van der Waals surface area contributed by atoms with Gasteiger partial charge >= 0.3 is 18.1 Å². The summed E-state index contributed by atoms with van der Waals surface area (Å²) >= 11 is 0. The van der Waals surface area contributed by atoms with E-state index in [1.54, 1.807) is 13.8 Å². The molecular formula is C17H18F3NO4. The fraction of sp³-hybridized carbons (Fsp3) is 0.412. The lowest BCUT2D eigenvalue weighted by molar-refractivity contribution is -0.143. The molecule has 0 radical (unpaired) electrons. The molecule has 0 aliphatic heterocycles. The van der Waals surface area contributed by atoms with Crippen molar-refractivity contribution < 1.29 is 32.2 Å². The van der Waals surface area contributed by atoms with E-state index in [2.05, 4.69) is 4.98 Å². The summed E-state index contributed by atoms with van der Waals surface area (Å²) in [6, 6.07) is 3.64. The Morgan fingerprint density at radius 2 is 1.80 bits per heavy atom. The van der Waals surface area contributed by atoms with E-state index in [1.807, 2.05) is 0 Å². The van der Waals surface area contributed by atoms with Gasteiger partial charge in [-0.1, -0.05) is 6.07 Å². The van der Waals surface area contributed by atoms with Gasteiger partial charge in [-0.3, -0.25) is 4.79 Å². The van der Waals surface area contributed by atoms with Gasteiger partial charge in [0, 0.05) is 17.3 Å². The van der Waals surface area contributed by atoms with Crippen molar-refractivity contribution in [3.63, 3.8) is 0 Å². The number of benzene rings is 1. The maximum atomic E-state index is 13.4. The molecule has 25 heavy (non-hydrogen) atoms. The number of halogens is 3. The summed E-state index contributed by atoms with van der Waals surface area (Å²) in [5, 5.41) is -0.123. The van der Waals surface area contributed by atoms with Crippen molar-refractivity contribution >= 4 is 22.8 Å². The molecule has 2 aromatic rings. The van der Waals surface area contributed by atoms with Gasteiger partial charge in [0.1, 0.15) is 5.69 Å². The van der Waals surface area contributed by atoms with E-state index in [-0.39, 0.29) is 48.2 Å². The van der Waals surface area contributed by atoms with E-state index in [4.69, 9.17) is 9.47 Å². The first-order chi connectivity index (χ1) is 11.8. The van der Waals surface area contributed by atoms with E-state index in [0.29, 0.717) is 0 Å². The second kappa shape index (κ2) is 7.58. The number of hydrogen-bond acceptors (Lipinski definition) is 4. The van der Waals surface area contributed by atoms with Crippen molar-refractivity contribution in [3.05, 3.63) is 35.0 Å². The minimum atomic E-state index is -4.59. The molecule has 0 atom stereocenters. The summed E-state index contributed by atoms with van der Waals surface area (Å²) in [6.07, 6.45) is -4.80. The molecular weight excluding hydrogens is 339 g/mol. The number of alkyl halides is 3. The first-order valence-corrected chi connectivity index (χ1v) is 7.83. The van der Waals surface area contributed by atoms with Crippen LogP contribution in [0.15, 0.2) is 18.2 Å². The van der Waals surface area contributed by atoms with Crippen molar-refractivity contribution in [2.24, 2.45) is 0 Å². The normalized spacial score (nSPS) is 11.6. The zero-order valence-electron chi connectivity index (χ0n) is 13.8. The largest absolute Gasteiger partial charge is 0.466 e. The van der Waals surface area contributed by atoms with Crippen LogP contribution >= 0.6 is 0 Å². The monoisotopic (exact) mass is 357 g/mol. The third-order valence-electron chi connectivity index (χ3n) is 3.60. The Bertz CT molecular complexity index is 780. The van der Waals surface area contributed by atoms with Gasteiger partial charge in [-0.2, -0.15) is 13.2 Å². The molecule has 1 heterocycles. The van der Waals surface area contributed by atoms with Gasteiger partial charge in [0.15, 0.2) is 0 Å². The zero-order chi connectivity index (χ0) is 18.6. The highest BCUT2D eigenvalue weighted by atomic mass is 19.4. The Hall–Kier alpha value is -2.51. The standard InChI is InChI=1S/C17H18F3NO4/c1-3-24-13(22)9-8-10-14-11(17(18,19)20)6-5-7-12(14)21-15(10)16(23)25-4-2/h5-7,21H,3-4,8-9H2,1-2H3. The second-order valence-corrected chi connectivity index (χ2v) is 5.23. The van der Waals surface area contributed by atoms with Crippen LogP contribution in [0, 0.1) is 0 Å². The Morgan fingerprint density at radius 3 is 2.40 bits per heavy atom. The van der Waals surface area contributed by atoms with Gasteiger partial charge < -0.3 is 14.5 Å². The summed E-state index contributed by atoms with van der Waals surface area (Å²) in [5.41, 5.74) is -0.667. The number of aromatic nitrogens is 1. The molecule has 1 N–H and O–H groups in total. The number of rotatable bonds is 6. The lowest BCUT2D eigenvalue weighted by Gasteiger charge is -2.10. The van der Waals surface area contributed by atoms with Gasteiger partial charge in [0.2, 0.25) is 0 Å². The van der Waals surface area contributed by atoms with Crippen LogP contribution in [0.3, 0.4) is 0 Å². The van der Waals surface area contributed by atoms with Crippen LogP contribution in [-0.4, -0.2) is 30.1 Å². The van der Waals surface area contributed by atoms with Crippen molar-refractivity contribution in [1.82, 2.24) is 4.98 Å². The maximum Gasteiger partial charge on any atom is 0.417 e. The molecule has 8 heteroatoms. The van der Waals surface area contributed by atoms with Crippen molar-refractivity contribution in [2.75, 3.05) is 13.2 Å². The minimum Gasteiger partial charge on any atom is -0.466 e. The summed E-state index contributed by atoms with van der Waals surface area (Å²) in [5.74, 6) is -1.30. The van der Waals surface area contributed by atoms with E-state index in [9.17, 15) is 22.8 Å². The summed E-state index contributed by atoms with van der Waals surface area (Å²) in [4.78, 5) is 26.4. The number of ether oxygens (including phenoxy) is 2. The third-order valence-corrected chi connectivity index (χ3v) is 3.60. The summed E-state index contributed by atoms with van der Waals surface area (Å²) in [7, 11) is 0. The van der Waals surface area contributed by atoms with Crippen molar-refractivity contribution in [1.29, 1.82) is 0 Å². The SMILES string of the molecule is CCOC(=O)CCc1c(C(=O)OCC)[nH]c2cccc(C(F)(F)F)c12. The van der Waals surface area contributed by atoms with Crippen molar-refractivity contribution in [3.8, 4) is 0 Å². The average Bonchev–Trinajstić information content (AvgIpc) is 2.91. The molecule has 0 spiro atoms. The molecule has 0 amide bonds. The molecule has 1 aromatic heterocycles. The smallest absolute Gasteiger partial charge is 0.417 e.